The second-order valence-corrected chi connectivity index (χ2v) is 8.19. The lowest BCUT2D eigenvalue weighted by Crippen LogP contribution is -2.43. The Morgan fingerprint density at radius 1 is 1.39 bits per heavy atom. The molecule has 0 aromatic carbocycles. The van der Waals surface area contributed by atoms with Crippen molar-refractivity contribution >= 4 is 15.9 Å². The Hall–Kier alpha value is -2.11. The molecule has 0 spiro atoms. The van der Waals surface area contributed by atoms with E-state index < -0.39 is 16.7 Å². The molecule has 1 saturated heterocycles. The van der Waals surface area contributed by atoms with Crippen LogP contribution in [0.3, 0.4) is 0 Å². The summed E-state index contributed by atoms with van der Waals surface area (Å²) >= 11 is 0. The molecule has 1 fully saturated rings. The number of amides is 1. The molecule has 0 bridgehead atoms. The molecule has 1 aromatic rings. The number of piperidine rings is 1. The lowest BCUT2D eigenvalue weighted by Gasteiger charge is -2.30. The Kier molecular flexibility index (Phi) is 8.27. The third kappa shape index (κ3) is 5.69. The summed E-state index contributed by atoms with van der Waals surface area (Å²) in [5, 5.41) is 2.48. The van der Waals surface area contributed by atoms with E-state index in [1.165, 1.54) is 22.6 Å². The van der Waals surface area contributed by atoms with Crippen molar-refractivity contribution in [3.63, 3.8) is 0 Å². The van der Waals surface area contributed by atoms with E-state index in [9.17, 15) is 22.0 Å². The Labute approximate surface area is 162 Å². The monoisotopic (exact) mass is 418 g/mol. The third-order valence-electron chi connectivity index (χ3n) is 4.39. The SMILES string of the molecule is NCC(=CF)COc1ccc(S(=O)(=O)N2CCC(C(=O)NCCF)CC2)cn1. The van der Waals surface area contributed by atoms with Crippen molar-refractivity contribution in [3.8, 4) is 5.88 Å². The number of ether oxygens (including phenoxy) is 1. The number of alkyl halides is 1. The summed E-state index contributed by atoms with van der Waals surface area (Å²) in [5.74, 6) is -0.431. The fraction of sp³-hybridized carbons (Fsp3) is 0.529. The van der Waals surface area contributed by atoms with Gasteiger partial charge in [-0.1, -0.05) is 0 Å². The van der Waals surface area contributed by atoms with E-state index in [2.05, 4.69) is 10.3 Å². The van der Waals surface area contributed by atoms with Gasteiger partial charge in [0.1, 0.15) is 18.2 Å². The van der Waals surface area contributed by atoms with Crippen molar-refractivity contribution in [3.05, 3.63) is 30.2 Å². The predicted octanol–water partition coefficient (Wildman–Crippen LogP) is 0.759. The molecule has 8 nitrogen and oxygen atoms in total. The van der Waals surface area contributed by atoms with Gasteiger partial charge in [-0.25, -0.2) is 22.2 Å². The highest BCUT2D eigenvalue weighted by Crippen LogP contribution is 2.24. The fourth-order valence-electron chi connectivity index (χ4n) is 2.73. The van der Waals surface area contributed by atoms with E-state index in [4.69, 9.17) is 10.5 Å². The van der Waals surface area contributed by atoms with Crippen LogP contribution in [0.25, 0.3) is 0 Å². The molecule has 0 radical (unpaired) electrons. The van der Waals surface area contributed by atoms with Gasteiger partial charge in [-0.3, -0.25) is 4.79 Å². The maximum Gasteiger partial charge on any atom is 0.244 e. The standard InChI is InChI=1S/C17H24F2N4O4S/c18-5-6-21-17(24)14-3-7-23(8-4-14)28(25,26)15-1-2-16(22-11-15)27-12-13(9-19)10-20/h1-2,9,11,14H,3-8,10,12,20H2,(H,21,24). The molecule has 0 atom stereocenters. The van der Waals surface area contributed by atoms with Gasteiger partial charge in [0.2, 0.25) is 21.8 Å². The van der Waals surface area contributed by atoms with Gasteiger partial charge < -0.3 is 15.8 Å². The molecule has 3 N–H and O–H groups in total. The van der Waals surface area contributed by atoms with Crippen molar-refractivity contribution in [2.75, 3.05) is 39.5 Å². The van der Waals surface area contributed by atoms with Gasteiger partial charge in [0.05, 0.1) is 12.5 Å². The zero-order valence-electron chi connectivity index (χ0n) is 15.3. The number of sulfonamides is 1. The first kappa shape index (κ1) is 22.2. The molecule has 0 saturated carbocycles. The number of carbonyl (C=O) groups excluding carboxylic acids is 1. The first-order valence-electron chi connectivity index (χ1n) is 8.83. The van der Waals surface area contributed by atoms with Crippen LogP contribution in [-0.2, 0) is 14.8 Å². The Morgan fingerprint density at radius 3 is 2.64 bits per heavy atom. The number of carbonyl (C=O) groups is 1. The smallest absolute Gasteiger partial charge is 0.244 e. The van der Waals surface area contributed by atoms with E-state index in [1.807, 2.05) is 0 Å². The molecular formula is C17H24F2N4O4S. The van der Waals surface area contributed by atoms with Crippen molar-refractivity contribution < 1.29 is 26.7 Å². The van der Waals surface area contributed by atoms with Gasteiger partial charge >= 0.3 is 0 Å². The summed E-state index contributed by atoms with van der Waals surface area (Å²) < 4.78 is 56.6. The number of halogens is 2. The van der Waals surface area contributed by atoms with Crippen LogP contribution in [0.15, 0.2) is 35.1 Å². The van der Waals surface area contributed by atoms with Crippen molar-refractivity contribution in [2.45, 2.75) is 17.7 Å². The fourth-order valence-corrected chi connectivity index (χ4v) is 4.14. The summed E-state index contributed by atoms with van der Waals surface area (Å²) in [4.78, 5) is 15.8. The van der Waals surface area contributed by atoms with Crippen molar-refractivity contribution in [2.24, 2.45) is 11.7 Å². The topological polar surface area (TPSA) is 115 Å². The lowest BCUT2D eigenvalue weighted by atomic mass is 9.97. The van der Waals surface area contributed by atoms with E-state index in [1.54, 1.807) is 0 Å². The largest absolute Gasteiger partial charge is 0.473 e. The van der Waals surface area contributed by atoms with Gasteiger partial charge in [-0.2, -0.15) is 4.31 Å². The zero-order valence-corrected chi connectivity index (χ0v) is 16.1. The third-order valence-corrected chi connectivity index (χ3v) is 6.27. The highest BCUT2D eigenvalue weighted by atomic mass is 32.2. The van der Waals surface area contributed by atoms with E-state index in [0.29, 0.717) is 19.2 Å². The molecule has 0 aliphatic carbocycles. The highest BCUT2D eigenvalue weighted by Gasteiger charge is 2.32. The van der Waals surface area contributed by atoms with Crippen molar-refractivity contribution in [1.29, 1.82) is 0 Å². The summed E-state index contributed by atoms with van der Waals surface area (Å²) in [6.45, 7) is -0.367. The maximum atomic E-state index is 12.7. The Balaban J connectivity index is 1.95. The summed E-state index contributed by atoms with van der Waals surface area (Å²) in [5.41, 5.74) is 5.58. The molecule has 1 amide bonds. The average molecular weight is 418 g/mol. The number of rotatable bonds is 9. The minimum absolute atomic E-state index is 0.000243. The molecule has 2 rings (SSSR count). The zero-order chi connectivity index (χ0) is 20.6. The van der Waals surface area contributed by atoms with E-state index in [0.717, 1.165) is 0 Å². The number of pyridine rings is 1. The molecule has 1 aliphatic heterocycles. The molecule has 1 aliphatic rings. The Morgan fingerprint density at radius 2 is 2.11 bits per heavy atom. The lowest BCUT2D eigenvalue weighted by molar-refractivity contribution is -0.126. The van der Waals surface area contributed by atoms with Crippen LogP contribution >= 0.6 is 0 Å². The molecular weight excluding hydrogens is 394 g/mol. The van der Waals surface area contributed by atoms with Crippen LogP contribution in [0.2, 0.25) is 0 Å². The minimum atomic E-state index is -3.75. The Bertz CT molecular complexity index is 779. The number of nitrogens with zero attached hydrogens (tertiary/aromatic N) is 2. The van der Waals surface area contributed by atoms with Crippen molar-refractivity contribution in [1.82, 2.24) is 14.6 Å². The van der Waals surface area contributed by atoms with Crippen LogP contribution in [0, 0.1) is 5.92 Å². The van der Waals surface area contributed by atoms with Crippen LogP contribution < -0.4 is 15.8 Å². The molecule has 156 valence electrons. The maximum absolute atomic E-state index is 12.7. The quantitative estimate of drug-likeness (QED) is 0.612. The van der Waals surface area contributed by atoms with Crippen LogP contribution in [0.1, 0.15) is 12.8 Å². The average Bonchev–Trinajstić information content (AvgIpc) is 2.73. The highest BCUT2D eigenvalue weighted by molar-refractivity contribution is 7.89. The number of nitrogens with two attached hydrogens (primary N) is 1. The normalized spacial score (nSPS) is 16.8. The van der Waals surface area contributed by atoms with Crippen LogP contribution in [0.5, 0.6) is 5.88 Å². The second-order valence-electron chi connectivity index (χ2n) is 6.25. The molecule has 28 heavy (non-hydrogen) atoms. The first-order valence-corrected chi connectivity index (χ1v) is 10.3. The van der Waals surface area contributed by atoms with E-state index in [-0.39, 0.29) is 61.0 Å². The number of hydrogen-bond donors (Lipinski definition) is 2. The predicted molar refractivity (Wildman–Crippen MR) is 98.4 cm³/mol. The van der Waals surface area contributed by atoms with Crippen LogP contribution in [-0.4, -0.2) is 63.1 Å². The summed E-state index contributed by atoms with van der Waals surface area (Å²) in [6.07, 6.45) is 2.26. The van der Waals surface area contributed by atoms with E-state index >= 15 is 0 Å². The number of aromatic nitrogens is 1. The molecule has 1 aromatic heterocycles. The summed E-state index contributed by atoms with van der Waals surface area (Å²) in [7, 11) is -3.75. The van der Waals surface area contributed by atoms with Crippen LogP contribution in [0.4, 0.5) is 8.78 Å². The van der Waals surface area contributed by atoms with Gasteiger partial charge in [-0.05, 0) is 18.9 Å². The van der Waals surface area contributed by atoms with Gasteiger partial charge in [0.25, 0.3) is 0 Å². The molecule has 2 heterocycles. The molecule has 11 heteroatoms. The number of hydrogen-bond acceptors (Lipinski definition) is 6. The first-order chi connectivity index (χ1) is 13.4. The minimum Gasteiger partial charge on any atom is -0.473 e. The van der Waals surface area contributed by atoms with Gasteiger partial charge in [-0.15, -0.1) is 0 Å². The van der Waals surface area contributed by atoms with Gasteiger partial charge in [0.15, 0.2) is 0 Å². The second kappa shape index (κ2) is 10.4. The summed E-state index contributed by atoms with van der Waals surface area (Å²) in [6, 6.07) is 2.75. The van der Waals surface area contributed by atoms with Gasteiger partial charge in [0, 0.05) is 43.7 Å². The number of nitrogens with one attached hydrogen (secondary N) is 1. The molecule has 0 unspecified atom stereocenters.